The second-order valence-electron chi connectivity index (χ2n) is 27.2. The third-order valence-corrected chi connectivity index (χ3v) is 17.0. The maximum absolute atomic E-state index is 12.9. The van der Waals surface area contributed by atoms with Gasteiger partial charge in [0.1, 0.15) is 18.8 Å². The van der Waals surface area contributed by atoms with Gasteiger partial charge in [0.2, 0.25) is 0 Å². The zero-order chi connectivity index (χ0) is 67.8. The summed E-state index contributed by atoms with van der Waals surface area (Å²) in [7, 11) is 0. The SMILES string of the molecule is CCCCCC/C=C\CCC(=O)c1cccc(CCCCCCCCCCCCCC(=O)OC/C=C\CCCCCC)c1.CCCCCC/C=C\CCC(=O)c1cccc(CCCCCN(CCCCCCCC(=O)OC/C=C\CCCCCC)C(=O)OC(C)(C)C)c1. The molecule has 0 saturated carbocycles. The molecule has 2 aromatic rings. The molecule has 0 aliphatic rings. The Kier molecular flexibility index (Phi) is 58.3. The van der Waals surface area contributed by atoms with Gasteiger partial charge in [0.15, 0.2) is 11.6 Å². The number of aryl methyl sites for hydroxylation is 2. The summed E-state index contributed by atoms with van der Waals surface area (Å²) in [5.41, 5.74) is 3.66. The van der Waals surface area contributed by atoms with Crippen LogP contribution < -0.4 is 0 Å². The van der Waals surface area contributed by atoms with Crippen LogP contribution in [0.5, 0.6) is 0 Å². The molecule has 9 nitrogen and oxygen atoms in total. The first kappa shape index (κ1) is 86.0. The van der Waals surface area contributed by atoms with E-state index >= 15 is 0 Å². The molecule has 528 valence electrons. The average Bonchev–Trinajstić information content (AvgIpc) is 3.13. The number of amides is 1. The molecule has 0 aliphatic heterocycles. The molecule has 2 aromatic carbocycles. The largest absolute Gasteiger partial charge is 0.461 e. The number of carbonyl (C=O) groups is 5. The Bertz CT molecular complexity index is 2250. The van der Waals surface area contributed by atoms with Crippen molar-refractivity contribution >= 4 is 29.6 Å². The molecule has 0 bridgehead atoms. The molecule has 0 spiro atoms. The zero-order valence-electron chi connectivity index (χ0n) is 61.0. The number of carbonyl (C=O) groups excluding carboxylic acids is 5. The molecule has 1 amide bonds. The molecule has 9 heteroatoms. The maximum atomic E-state index is 12.9. The lowest BCUT2D eigenvalue weighted by molar-refractivity contribution is -0.143. The van der Waals surface area contributed by atoms with E-state index in [1.807, 2.05) is 62.1 Å². The van der Waals surface area contributed by atoms with E-state index < -0.39 is 5.60 Å². The Morgan fingerprint density at radius 2 is 0.667 bits per heavy atom. The first-order valence-corrected chi connectivity index (χ1v) is 38.5. The van der Waals surface area contributed by atoms with Crippen LogP contribution in [0.4, 0.5) is 4.79 Å². The summed E-state index contributed by atoms with van der Waals surface area (Å²) < 4.78 is 16.3. The van der Waals surface area contributed by atoms with Gasteiger partial charge in [0.25, 0.3) is 0 Å². The van der Waals surface area contributed by atoms with Crippen LogP contribution in [0.15, 0.2) is 97.1 Å². The van der Waals surface area contributed by atoms with E-state index in [9.17, 15) is 24.0 Å². The van der Waals surface area contributed by atoms with Gasteiger partial charge in [-0.05, 0) is 160 Å². The fourth-order valence-corrected chi connectivity index (χ4v) is 11.3. The van der Waals surface area contributed by atoms with Gasteiger partial charge in [0.05, 0.1) is 0 Å². The normalized spacial score (nSPS) is 11.7. The van der Waals surface area contributed by atoms with Crippen molar-refractivity contribution in [1.82, 2.24) is 4.90 Å². The van der Waals surface area contributed by atoms with Crippen molar-refractivity contribution in [2.75, 3.05) is 26.3 Å². The number of nitrogens with zero attached hydrogens (tertiary/aromatic N) is 1. The number of Topliss-reactive ketones (excluding diaryl/α,β-unsaturated/α-hetero) is 2. The predicted octanol–water partition coefficient (Wildman–Crippen LogP) is 25.0. The molecule has 2 rings (SSSR count). The van der Waals surface area contributed by atoms with Gasteiger partial charge in [-0.1, -0.05) is 273 Å². The van der Waals surface area contributed by atoms with Gasteiger partial charge >= 0.3 is 18.0 Å². The Morgan fingerprint density at radius 1 is 0.355 bits per heavy atom. The second kappa shape index (κ2) is 63.0. The summed E-state index contributed by atoms with van der Waals surface area (Å²) in [6.07, 6.45) is 68.7. The molecular formula is C84H139NO8. The van der Waals surface area contributed by atoms with Gasteiger partial charge in [-0.25, -0.2) is 4.79 Å². The minimum Gasteiger partial charge on any atom is -0.461 e. The number of hydrogen-bond donors (Lipinski definition) is 0. The summed E-state index contributed by atoms with van der Waals surface area (Å²) >= 11 is 0. The Balaban J connectivity index is 0.000000941. The summed E-state index contributed by atoms with van der Waals surface area (Å²) in [4.78, 5) is 64.0. The van der Waals surface area contributed by atoms with Gasteiger partial charge in [-0.3, -0.25) is 19.2 Å². The maximum Gasteiger partial charge on any atom is 0.410 e. The van der Waals surface area contributed by atoms with Crippen molar-refractivity contribution in [3.05, 3.63) is 119 Å². The monoisotopic (exact) mass is 1290 g/mol. The van der Waals surface area contributed by atoms with Crippen molar-refractivity contribution < 1.29 is 38.2 Å². The molecule has 0 atom stereocenters. The molecule has 0 unspecified atom stereocenters. The van der Waals surface area contributed by atoms with Gasteiger partial charge in [-0.15, -0.1) is 0 Å². The standard InChI is InChI=1S/C44H73NO5.C40H66O3/c1-6-8-10-12-14-15-18-24-33-41(46)40-32-29-31-39(38-40)30-23-22-27-36-45(43(48)50-44(3,4)5)35-26-20-17-19-25-34-42(47)49-37-28-21-16-13-11-9-7-2;1-3-5-7-9-11-18-22-26-33-39(41)38-32-29-31-37(36-38)30-25-21-17-15-13-12-14-16-19-23-27-34-40(42)43-35-28-24-20-10-8-6-4-2/h15,18,21,28-29,31-32,38H,6-14,16-17,19-20,22-27,30,33-37H2,1-5H3;18,22,24,28-29,31-32,36H,3-17,19-21,23,25-27,30,33-35H2,1-2H3/b18-15-,28-21-;22-18-,28-24-. The molecule has 0 aliphatic carbocycles. The number of ketones is 2. The van der Waals surface area contributed by atoms with E-state index in [0.717, 1.165) is 127 Å². The van der Waals surface area contributed by atoms with Crippen LogP contribution in [0.3, 0.4) is 0 Å². The first-order chi connectivity index (χ1) is 45.3. The highest BCUT2D eigenvalue weighted by Gasteiger charge is 2.22. The lowest BCUT2D eigenvalue weighted by atomic mass is 9.99. The molecular weight excluding hydrogens is 1150 g/mol. The van der Waals surface area contributed by atoms with Crippen molar-refractivity contribution in [2.45, 2.75) is 356 Å². The number of ether oxygens (including phenoxy) is 3. The highest BCUT2D eigenvalue weighted by atomic mass is 16.6. The fraction of sp³-hybridized carbons (Fsp3) is 0.702. The molecule has 93 heavy (non-hydrogen) atoms. The van der Waals surface area contributed by atoms with Gasteiger partial charge in [-0.2, -0.15) is 0 Å². The summed E-state index contributed by atoms with van der Waals surface area (Å²) in [5, 5.41) is 0. The third-order valence-electron chi connectivity index (χ3n) is 17.0. The van der Waals surface area contributed by atoms with E-state index in [0.29, 0.717) is 52.0 Å². The van der Waals surface area contributed by atoms with Crippen LogP contribution >= 0.6 is 0 Å². The van der Waals surface area contributed by atoms with Crippen molar-refractivity contribution in [2.24, 2.45) is 0 Å². The minimum atomic E-state index is -0.526. The minimum absolute atomic E-state index is 0.0522. The number of unbranched alkanes of at least 4 members (excludes halogenated alkanes) is 32. The van der Waals surface area contributed by atoms with Crippen LogP contribution in [0.1, 0.15) is 369 Å². The van der Waals surface area contributed by atoms with Crippen LogP contribution in [0, 0.1) is 0 Å². The van der Waals surface area contributed by atoms with E-state index in [1.54, 1.807) is 0 Å². The van der Waals surface area contributed by atoms with Gasteiger partial charge < -0.3 is 19.1 Å². The van der Waals surface area contributed by atoms with Crippen LogP contribution in [0.2, 0.25) is 0 Å². The summed E-state index contributed by atoms with van der Waals surface area (Å²) in [5.74, 6) is 0.310. The number of allylic oxidation sites excluding steroid dienone is 6. The lowest BCUT2D eigenvalue weighted by Crippen LogP contribution is -2.38. The van der Waals surface area contributed by atoms with E-state index in [-0.39, 0.29) is 29.6 Å². The number of rotatable bonds is 60. The van der Waals surface area contributed by atoms with E-state index in [4.69, 9.17) is 14.2 Å². The predicted molar refractivity (Wildman–Crippen MR) is 396 cm³/mol. The van der Waals surface area contributed by atoms with Crippen LogP contribution in [-0.4, -0.2) is 66.4 Å². The second-order valence-corrected chi connectivity index (χ2v) is 27.2. The molecule has 0 heterocycles. The lowest BCUT2D eigenvalue weighted by Gasteiger charge is -2.27. The highest BCUT2D eigenvalue weighted by Crippen LogP contribution is 2.19. The van der Waals surface area contributed by atoms with Crippen molar-refractivity contribution in [3.8, 4) is 0 Å². The molecule has 0 aromatic heterocycles. The van der Waals surface area contributed by atoms with Crippen molar-refractivity contribution in [3.63, 3.8) is 0 Å². The number of esters is 2. The number of hydrogen-bond acceptors (Lipinski definition) is 8. The van der Waals surface area contributed by atoms with Crippen molar-refractivity contribution in [1.29, 1.82) is 0 Å². The summed E-state index contributed by atoms with van der Waals surface area (Å²) in [6.45, 7) is 16.8. The molecule has 0 N–H and O–H groups in total. The molecule has 0 radical (unpaired) electrons. The van der Waals surface area contributed by atoms with E-state index in [1.165, 1.54) is 172 Å². The topological polar surface area (TPSA) is 116 Å². The van der Waals surface area contributed by atoms with E-state index in [2.05, 4.69) is 88.4 Å². The first-order valence-electron chi connectivity index (χ1n) is 38.5. The van der Waals surface area contributed by atoms with Crippen LogP contribution in [0.25, 0.3) is 0 Å². The molecule has 0 fully saturated rings. The highest BCUT2D eigenvalue weighted by molar-refractivity contribution is 5.96. The molecule has 0 saturated heterocycles. The Morgan fingerprint density at radius 3 is 1.03 bits per heavy atom. The Hall–Kier alpha value is -5.05. The average molecular weight is 1290 g/mol. The fourth-order valence-electron chi connectivity index (χ4n) is 11.3. The van der Waals surface area contributed by atoms with Gasteiger partial charge in [0, 0.05) is 49.9 Å². The number of benzene rings is 2. The Labute approximate surface area is 571 Å². The smallest absolute Gasteiger partial charge is 0.410 e. The zero-order valence-corrected chi connectivity index (χ0v) is 61.0. The quantitative estimate of drug-likeness (QED) is 0.0211. The summed E-state index contributed by atoms with van der Waals surface area (Å²) in [6, 6.07) is 16.4. The third kappa shape index (κ3) is 55.9. The van der Waals surface area contributed by atoms with Crippen LogP contribution in [-0.2, 0) is 36.6 Å².